The summed E-state index contributed by atoms with van der Waals surface area (Å²) in [4.78, 5) is 14.0. The van der Waals surface area contributed by atoms with E-state index in [0.717, 1.165) is 38.6 Å². The summed E-state index contributed by atoms with van der Waals surface area (Å²) in [5, 5.41) is 9.42. The number of rotatable bonds is 7. The number of aliphatic hydroxyl groups is 1. The Hall–Kier alpha value is -0.570. The van der Waals surface area contributed by atoms with Crippen molar-refractivity contribution in [2.24, 2.45) is 0 Å². The van der Waals surface area contributed by atoms with Crippen molar-refractivity contribution in [3.63, 3.8) is 0 Å². The van der Waals surface area contributed by atoms with Crippen molar-refractivity contribution in [2.45, 2.75) is 77.4 Å². The fourth-order valence-corrected chi connectivity index (χ4v) is 2.65. The monoisotopic (exact) mass is 241 g/mol. The van der Waals surface area contributed by atoms with Gasteiger partial charge in [0.1, 0.15) is 0 Å². The number of hydrogen-bond donors (Lipinski definition) is 1. The van der Waals surface area contributed by atoms with Crippen LogP contribution < -0.4 is 0 Å². The molecule has 0 aromatic heterocycles. The van der Waals surface area contributed by atoms with Gasteiger partial charge in [0.15, 0.2) is 0 Å². The van der Waals surface area contributed by atoms with Gasteiger partial charge in [0, 0.05) is 19.0 Å². The molecule has 0 aliphatic carbocycles. The van der Waals surface area contributed by atoms with Crippen molar-refractivity contribution >= 4 is 5.91 Å². The molecule has 1 amide bonds. The maximum absolute atomic E-state index is 12.0. The van der Waals surface area contributed by atoms with Gasteiger partial charge in [0.2, 0.25) is 5.91 Å². The number of nitrogens with zero attached hydrogens (tertiary/aromatic N) is 1. The van der Waals surface area contributed by atoms with Gasteiger partial charge in [-0.3, -0.25) is 4.79 Å². The van der Waals surface area contributed by atoms with Gasteiger partial charge >= 0.3 is 0 Å². The molecule has 0 aromatic rings. The van der Waals surface area contributed by atoms with Crippen molar-refractivity contribution in [1.29, 1.82) is 0 Å². The zero-order valence-corrected chi connectivity index (χ0v) is 11.3. The van der Waals surface area contributed by atoms with Crippen LogP contribution in [0.3, 0.4) is 0 Å². The molecular weight excluding hydrogens is 214 g/mol. The zero-order chi connectivity index (χ0) is 12.7. The second-order valence-corrected chi connectivity index (χ2v) is 5.28. The smallest absolute Gasteiger partial charge is 0.222 e. The standard InChI is InChI=1S/C14H27NO2/c1-3-4-5-6-9-14(17)15-10-7-8-13(15)11-12(2)16/h12-13,16H,3-11H2,1-2H3. The van der Waals surface area contributed by atoms with Crippen LogP contribution in [0.15, 0.2) is 0 Å². The lowest BCUT2D eigenvalue weighted by Gasteiger charge is -2.25. The molecule has 17 heavy (non-hydrogen) atoms. The Bertz CT molecular complexity index is 228. The fourth-order valence-electron chi connectivity index (χ4n) is 2.65. The Labute approximate surface area is 105 Å². The molecule has 1 fully saturated rings. The Kier molecular flexibility index (Phi) is 6.56. The van der Waals surface area contributed by atoms with E-state index in [1.807, 2.05) is 11.8 Å². The summed E-state index contributed by atoms with van der Waals surface area (Å²) < 4.78 is 0. The van der Waals surface area contributed by atoms with Crippen molar-refractivity contribution in [2.75, 3.05) is 6.54 Å². The fraction of sp³-hybridized carbons (Fsp3) is 0.929. The number of carbonyl (C=O) groups is 1. The number of carbonyl (C=O) groups excluding carboxylic acids is 1. The third kappa shape index (κ3) is 5.07. The first-order valence-electron chi connectivity index (χ1n) is 7.12. The highest BCUT2D eigenvalue weighted by Crippen LogP contribution is 2.22. The predicted octanol–water partition coefficient (Wildman–Crippen LogP) is 2.72. The quantitative estimate of drug-likeness (QED) is 0.696. The highest BCUT2D eigenvalue weighted by atomic mass is 16.3. The first-order chi connectivity index (χ1) is 8.15. The summed E-state index contributed by atoms with van der Waals surface area (Å²) in [5.41, 5.74) is 0. The van der Waals surface area contributed by atoms with Crippen LogP contribution in [0.25, 0.3) is 0 Å². The molecule has 3 nitrogen and oxygen atoms in total. The van der Waals surface area contributed by atoms with Gasteiger partial charge in [-0.1, -0.05) is 26.2 Å². The minimum Gasteiger partial charge on any atom is -0.393 e. The van der Waals surface area contributed by atoms with Crippen molar-refractivity contribution in [1.82, 2.24) is 4.90 Å². The lowest BCUT2D eigenvalue weighted by Crippen LogP contribution is -2.37. The summed E-state index contributed by atoms with van der Waals surface area (Å²) in [7, 11) is 0. The second-order valence-electron chi connectivity index (χ2n) is 5.28. The summed E-state index contributed by atoms with van der Waals surface area (Å²) in [5.74, 6) is 0.296. The van der Waals surface area contributed by atoms with Crippen LogP contribution in [0.1, 0.15) is 65.2 Å². The third-order valence-corrected chi connectivity index (χ3v) is 3.55. The summed E-state index contributed by atoms with van der Waals surface area (Å²) in [6.07, 6.45) is 7.91. The Balaban J connectivity index is 2.29. The van der Waals surface area contributed by atoms with Gasteiger partial charge < -0.3 is 10.0 Å². The SMILES string of the molecule is CCCCCCC(=O)N1CCCC1CC(C)O. The Morgan fingerprint density at radius 3 is 2.82 bits per heavy atom. The van der Waals surface area contributed by atoms with E-state index < -0.39 is 0 Å². The summed E-state index contributed by atoms with van der Waals surface area (Å²) in [6, 6.07) is 0.286. The molecule has 1 rings (SSSR count). The number of aliphatic hydroxyl groups excluding tert-OH is 1. The van der Waals surface area contributed by atoms with E-state index >= 15 is 0 Å². The molecular formula is C14H27NO2. The van der Waals surface area contributed by atoms with E-state index in [2.05, 4.69) is 6.92 Å². The minimum atomic E-state index is -0.298. The van der Waals surface area contributed by atoms with Crippen molar-refractivity contribution in [3.8, 4) is 0 Å². The molecule has 1 N–H and O–H groups in total. The molecule has 1 aliphatic rings. The van der Waals surface area contributed by atoms with E-state index in [4.69, 9.17) is 0 Å². The van der Waals surface area contributed by atoms with Crippen LogP contribution >= 0.6 is 0 Å². The van der Waals surface area contributed by atoms with E-state index in [0.29, 0.717) is 12.3 Å². The van der Waals surface area contributed by atoms with Crippen LogP contribution in [0, 0.1) is 0 Å². The predicted molar refractivity (Wildman–Crippen MR) is 69.8 cm³/mol. The van der Waals surface area contributed by atoms with Gasteiger partial charge in [-0.25, -0.2) is 0 Å². The number of hydrogen-bond acceptors (Lipinski definition) is 2. The lowest BCUT2D eigenvalue weighted by molar-refractivity contribution is -0.132. The molecule has 1 aliphatic heterocycles. The molecule has 0 aromatic carbocycles. The average Bonchev–Trinajstić information content (AvgIpc) is 2.71. The van der Waals surface area contributed by atoms with Gasteiger partial charge in [-0.05, 0) is 32.6 Å². The summed E-state index contributed by atoms with van der Waals surface area (Å²) in [6.45, 7) is 4.88. The maximum Gasteiger partial charge on any atom is 0.222 e. The van der Waals surface area contributed by atoms with Gasteiger partial charge in [0.25, 0.3) is 0 Å². The van der Waals surface area contributed by atoms with E-state index in [-0.39, 0.29) is 12.1 Å². The highest BCUT2D eigenvalue weighted by Gasteiger charge is 2.28. The Morgan fingerprint density at radius 1 is 1.41 bits per heavy atom. The number of unbranched alkanes of at least 4 members (excludes halogenated alkanes) is 3. The second kappa shape index (κ2) is 7.70. The third-order valence-electron chi connectivity index (χ3n) is 3.55. The molecule has 0 radical (unpaired) electrons. The molecule has 100 valence electrons. The minimum absolute atomic E-state index is 0.286. The topological polar surface area (TPSA) is 40.5 Å². The molecule has 1 saturated heterocycles. The van der Waals surface area contributed by atoms with Crippen molar-refractivity contribution < 1.29 is 9.90 Å². The lowest BCUT2D eigenvalue weighted by atomic mass is 10.1. The van der Waals surface area contributed by atoms with E-state index in [1.165, 1.54) is 12.8 Å². The molecule has 0 bridgehead atoms. The largest absolute Gasteiger partial charge is 0.393 e. The van der Waals surface area contributed by atoms with Crippen LogP contribution in [0.4, 0.5) is 0 Å². The van der Waals surface area contributed by atoms with Crippen LogP contribution in [-0.2, 0) is 4.79 Å². The molecule has 3 heteroatoms. The average molecular weight is 241 g/mol. The zero-order valence-electron chi connectivity index (χ0n) is 11.3. The normalized spacial score (nSPS) is 21.8. The molecule has 1 heterocycles. The molecule has 0 saturated carbocycles. The van der Waals surface area contributed by atoms with E-state index in [9.17, 15) is 9.90 Å². The maximum atomic E-state index is 12.0. The van der Waals surface area contributed by atoms with Crippen LogP contribution in [0.2, 0.25) is 0 Å². The first kappa shape index (κ1) is 14.5. The van der Waals surface area contributed by atoms with Crippen molar-refractivity contribution in [3.05, 3.63) is 0 Å². The van der Waals surface area contributed by atoms with Crippen LogP contribution in [-0.4, -0.2) is 34.6 Å². The van der Waals surface area contributed by atoms with Gasteiger partial charge in [0.05, 0.1) is 6.10 Å². The van der Waals surface area contributed by atoms with E-state index in [1.54, 1.807) is 0 Å². The number of likely N-dealkylation sites (tertiary alicyclic amines) is 1. The Morgan fingerprint density at radius 2 is 2.18 bits per heavy atom. The molecule has 2 unspecified atom stereocenters. The van der Waals surface area contributed by atoms with Gasteiger partial charge in [-0.15, -0.1) is 0 Å². The van der Waals surface area contributed by atoms with Crippen LogP contribution in [0.5, 0.6) is 0 Å². The highest BCUT2D eigenvalue weighted by molar-refractivity contribution is 5.76. The first-order valence-corrected chi connectivity index (χ1v) is 7.12. The number of amides is 1. The summed E-state index contributed by atoms with van der Waals surface area (Å²) >= 11 is 0. The molecule has 2 atom stereocenters. The van der Waals surface area contributed by atoms with Gasteiger partial charge in [-0.2, -0.15) is 0 Å². The molecule has 0 spiro atoms.